The van der Waals surface area contributed by atoms with Crippen molar-refractivity contribution in [3.63, 3.8) is 0 Å². The molecule has 3 rings (SSSR count). The minimum Gasteiger partial charge on any atom is -0.325 e. The van der Waals surface area contributed by atoms with E-state index in [1.54, 1.807) is 42.5 Å². The third-order valence-electron chi connectivity index (χ3n) is 3.76. The van der Waals surface area contributed by atoms with Gasteiger partial charge in [-0.25, -0.2) is 0 Å². The third kappa shape index (κ3) is 2.78. The fraction of sp³-hybridized carbons (Fsp3) is 0.167. The highest BCUT2D eigenvalue weighted by atomic mass is 35.5. The van der Waals surface area contributed by atoms with E-state index in [4.69, 9.17) is 11.6 Å². The predicted molar refractivity (Wildman–Crippen MR) is 88.3 cm³/mol. The van der Waals surface area contributed by atoms with Crippen LogP contribution in [0, 0.1) is 0 Å². The van der Waals surface area contributed by atoms with Gasteiger partial charge in [0.25, 0.3) is 0 Å². The average Bonchev–Trinajstić information content (AvgIpc) is 2.57. The Labute approximate surface area is 138 Å². The minimum absolute atomic E-state index is 0.202. The van der Waals surface area contributed by atoms with Crippen LogP contribution in [0.25, 0.3) is 0 Å². The quantitative estimate of drug-likeness (QED) is 0.747. The third-order valence-corrected chi connectivity index (χ3v) is 4.03. The van der Waals surface area contributed by atoms with Gasteiger partial charge in [-0.1, -0.05) is 36.4 Å². The summed E-state index contributed by atoms with van der Waals surface area (Å²) in [6, 6.07) is 11.6. The predicted octanol–water partition coefficient (Wildman–Crippen LogP) is 3.42. The van der Waals surface area contributed by atoms with Crippen LogP contribution < -0.4 is 5.32 Å². The molecule has 0 spiro atoms. The van der Waals surface area contributed by atoms with Crippen molar-refractivity contribution in [2.75, 3.05) is 11.2 Å². The summed E-state index contributed by atoms with van der Waals surface area (Å²) in [6.07, 6.45) is 0.823. The molecule has 0 radical (unpaired) electrons. The number of halogens is 1. The molecule has 4 nitrogen and oxygen atoms in total. The van der Waals surface area contributed by atoms with E-state index in [0.717, 1.165) is 0 Å². The van der Waals surface area contributed by atoms with Gasteiger partial charge >= 0.3 is 0 Å². The summed E-state index contributed by atoms with van der Waals surface area (Å²) in [5.41, 5.74) is 1.72. The lowest BCUT2D eigenvalue weighted by molar-refractivity contribution is -0.116. The van der Waals surface area contributed by atoms with E-state index in [1.165, 1.54) is 0 Å². The average molecular weight is 328 g/mol. The van der Waals surface area contributed by atoms with E-state index < -0.39 is 0 Å². The molecule has 0 saturated carbocycles. The van der Waals surface area contributed by atoms with Gasteiger partial charge in [-0.2, -0.15) is 0 Å². The summed E-state index contributed by atoms with van der Waals surface area (Å²) in [5.74, 6) is -0.279. The van der Waals surface area contributed by atoms with E-state index in [-0.39, 0.29) is 29.5 Å². The van der Waals surface area contributed by atoms with Gasteiger partial charge in [-0.05, 0) is 12.5 Å². The molecule has 0 heterocycles. The second-order valence-corrected chi connectivity index (χ2v) is 5.65. The van der Waals surface area contributed by atoms with Gasteiger partial charge in [-0.15, -0.1) is 11.6 Å². The Morgan fingerprint density at radius 1 is 0.913 bits per heavy atom. The first kappa shape index (κ1) is 15.4. The van der Waals surface area contributed by atoms with Crippen LogP contribution in [0.15, 0.2) is 42.5 Å². The number of carbonyl (C=O) groups excluding carboxylic acids is 3. The van der Waals surface area contributed by atoms with Crippen LogP contribution in [0.3, 0.4) is 0 Å². The molecule has 0 atom stereocenters. The molecule has 1 amide bonds. The highest BCUT2D eigenvalue weighted by Crippen LogP contribution is 2.31. The normalized spacial score (nSPS) is 12.6. The molecule has 0 saturated heterocycles. The van der Waals surface area contributed by atoms with Crippen LogP contribution in [-0.4, -0.2) is 23.4 Å². The lowest BCUT2D eigenvalue weighted by Gasteiger charge is -2.20. The van der Waals surface area contributed by atoms with Crippen LogP contribution in [0.2, 0.25) is 0 Å². The molecule has 116 valence electrons. The van der Waals surface area contributed by atoms with E-state index in [9.17, 15) is 14.4 Å². The van der Waals surface area contributed by atoms with Gasteiger partial charge in [0.1, 0.15) is 0 Å². The van der Waals surface area contributed by atoms with Crippen molar-refractivity contribution in [3.05, 3.63) is 64.7 Å². The Hall–Kier alpha value is -2.46. The number of nitrogens with one attached hydrogen (secondary N) is 1. The highest BCUT2D eigenvalue weighted by Gasteiger charge is 2.31. The summed E-state index contributed by atoms with van der Waals surface area (Å²) in [6.45, 7) is 0. The number of carbonyl (C=O) groups is 3. The Morgan fingerprint density at radius 3 is 2.26 bits per heavy atom. The van der Waals surface area contributed by atoms with Gasteiger partial charge < -0.3 is 5.32 Å². The Bertz CT molecular complexity index is 814. The lowest BCUT2D eigenvalue weighted by atomic mass is 9.83. The van der Waals surface area contributed by atoms with E-state index >= 15 is 0 Å². The zero-order valence-electron chi connectivity index (χ0n) is 12.3. The first-order chi connectivity index (χ1) is 11.1. The maximum Gasteiger partial charge on any atom is 0.224 e. The van der Waals surface area contributed by atoms with Crippen molar-refractivity contribution in [2.24, 2.45) is 0 Å². The fourth-order valence-electron chi connectivity index (χ4n) is 2.69. The van der Waals surface area contributed by atoms with Gasteiger partial charge in [-0.3, -0.25) is 14.4 Å². The van der Waals surface area contributed by atoms with Crippen molar-refractivity contribution in [1.82, 2.24) is 0 Å². The molecule has 2 aromatic rings. The van der Waals surface area contributed by atoms with Crippen molar-refractivity contribution >= 4 is 34.8 Å². The number of hydrogen-bond acceptors (Lipinski definition) is 3. The zero-order valence-corrected chi connectivity index (χ0v) is 13.0. The van der Waals surface area contributed by atoms with Crippen molar-refractivity contribution < 1.29 is 14.4 Å². The van der Waals surface area contributed by atoms with E-state index in [1.807, 2.05) is 0 Å². The molecule has 1 aliphatic carbocycles. The monoisotopic (exact) mass is 327 g/mol. The van der Waals surface area contributed by atoms with Crippen molar-refractivity contribution in [2.45, 2.75) is 12.8 Å². The molecule has 0 bridgehead atoms. The standard InChI is InChI=1S/C18H14ClNO3/c19-10-4-9-15(21)20-14-8-3-7-13-16(14)18(23)12-6-2-1-5-11(12)17(13)22/h1-3,5-8H,4,9-10H2,(H,20,21). The van der Waals surface area contributed by atoms with Crippen LogP contribution in [0.5, 0.6) is 0 Å². The summed E-state index contributed by atoms with van der Waals surface area (Å²) in [5, 5.41) is 2.72. The maximum absolute atomic E-state index is 12.7. The summed E-state index contributed by atoms with van der Waals surface area (Å²) in [7, 11) is 0. The molecule has 1 N–H and O–H groups in total. The Kier molecular flexibility index (Phi) is 4.26. The topological polar surface area (TPSA) is 63.2 Å². The number of ketones is 2. The molecular formula is C18H14ClNO3. The lowest BCUT2D eigenvalue weighted by Crippen LogP contribution is -2.23. The summed E-state index contributed by atoms with van der Waals surface area (Å²) < 4.78 is 0. The number of anilines is 1. The number of hydrogen-bond donors (Lipinski definition) is 1. The SMILES string of the molecule is O=C(CCCCl)Nc1cccc2c1C(=O)c1ccccc1C2=O. The maximum atomic E-state index is 12.7. The Balaban J connectivity index is 2.02. The number of alkyl halides is 1. The summed E-state index contributed by atoms with van der Waals surface area (Å²) in [4.78, 5) is 37.3. The van der Waals surface area contributed by atoms with Crippen molar-refractivity contribution in [3.8, 4) is 0 Å². The number of fused-ring (bicyclic) bond motifs is 2. The van der Waals surface area contributed by atoms with Crippen molar-refractivity contribution in [1.29, 1.82) is 0 Å². The molecule has 0 aliphatic heterocycles. The van der Waals surface area contributed by atoms with Gasteiger partial charge in [0.05, 0.1) is 11.3 Å². The van der Waals surface area contributed by atoms with Crippen LogP contribution in [-0.2, 0) is 4.79 Å². The molecule has 0 aromatic heterocycles. The number of benzene rings is 2. The molecule has 1 aliphatic rings. The molecule has 2 aromatic carbocycles. The zero-order chi connectivity index (χ0) is 16.4. The number of rotatable bonds is 4. The highest BCUT2D eigenvalue weighted by molar-refractivity contribution is 6.30. The molecule has 0 fully saturated rings. The number of amides is 1. The van der Waals surface area contributed by atoms with Crippen LogP contribution in [0.4, 0.5) is 5.69 Å². The van der Waals surface area contributed by atoms with Crippen LogP contribution in [0.1, 0.15) is 44.7 Å². The van der Waals surface area contributed by atoms with Gasteiger partial charge in [0.15, 0.2) is 11.6 Å². The molecule has 0 unspecified atom stereocenters. The second-order valence-electron chi connectivity index (χ2n) is 5.27. The summed E-state index contributed by atoms with van der Waals surface area (Å²) >= 11 is 5.58. The first-order valence-corrected chi connectivity index (χ1v) is 7.84. The fourth-order valence-corrected chi connectivity index (χ4v) is 2.82. The van der Waals surface area contributed by atoms with Gasteiger partial charge in [0.2, 0.25) is 5.91 Å². The largest absolute Gasteiger partial charge is 0.325 e. The van der Waals surface area contributed by atoms with Gasteiger partial charge in [0, 0.05) is 29.0 Å². The van der Waals surface area contributed by atoms with E-state index in [0.29, 0.717) is 34.7 Å². The second kappa shape index (κ2) is 6.34. The molecule has 23 heavy (non-hydrogen) atoms. The van der Waals surface area contributed by atoms with E-state index in [2.05, 4.69) is 5.32 Å². The van der Waals surface area contributed by atoms with Crippen LogP contribution >= 0.6 is 11.6 Å². The minimum atomic E-state index is -0.247. The first-order valence-electron chi connectivity index (χ1n) is 7.30. The molecular weight excluding hydrogens is 314 g/mol. The smallest absolute Gasteiger partial charge is 0.224 e. The Morgan fingerprint density at radius 2 is 1.57 bits per heavy atom. The molecule has 5 heteroatoms.